The smallest absolute Gasteiger partial charge is 0.222 e. The van der Waals surface area contributed by atoms with Gasteiger partial charge in [0.25, 0.3) is 0 Å². The number of nitrogens with zero attached hydrogens (tertiary/aromatic N) is 1. The van der Waals surface area contributed by atoms with Crippen LogP contribution < -0.4 is 0 Å². The summed E-state index contributed by atoms with van der Waals surface area (Å²) in [6.45, 7) is 1.87. The van der Waals surface area contributed by atoms with Crippen LogP contribution in [-0.2, 0) is 11.2 Å². The number of aliphatic hydroxyl groups is 1. The number of piperidine rings is 1. The van der Waals surface area contributed by atoms with Gasteiger partial charge in [0.2, 0.25) is 5.91 Å². The number of likely N-dealkylation sites (tertiary alicyclic amines) is 1. The highest BCUT2D eigenvalue weighted by atomic mass is 32.1. The zero-order chi connectivity index (χ0) is 14.7. The lowest BCUT2D eigenvalue weighted by Crippen LogP contribution is -2.48. The van der Waals surface area contributed by atoms with Gasteiger partial charge in [-0.15, -0.1) is 11.3 Å². The fourth-order valence-electron chi connectivity index (χ4n) is 3.56. The van der Waals surface area contributed by atoms with Crippen molar-refractivity contribution in [1.29, 1.82) is 0 Å². The van der Waals surface area contributed by atoms with Crippen molar-refractivity contribution >= 4 is 17.2 Å². The van der Waals surface area contributed by atoms with E-state index in [1.54, 1.807) is 11.3 Å². The highest BCUT2D eigenvalue weighted by molar-refractivity contribution is 7.09. The Morgan fingerprint density at radius 1 is 1.48 bits per heavy atom. The van der Waals surface area contributed by atoms with E-state index >= 15 is 0 Å². The molecule has 2 heterocycles. The fourth-order valence-corrected chi connectivity index (χ4v) is 4.27. The van der Waals surface area contributed by atoms with Gasteiger partial charge in [-0.2, -0.15) is 0 Å². The standard InChI is InChI=1S/C17H25NO2S/c19-13-17(11-14-4-5-14)8-2-9-18(12-17)16(20)7-6-15-3-1-10-21-15/h1,3,10,14,19H,2,4-9,11-13H2/t17-/m0/s1. The lowest BCUT2D eigenvalue weighted by molar-refractivity contribution is -0.135. The Kier molecular flexibility index (Phi) is 4.65. The Bertz CT molecular complexity index is 469. The molecule has 0 unspecified atom stereocenters. The van der Waals surface area contributed by atoms with Crippen molar-refractivity contribution < 1.29 is 9.90 Å². The molecule has 116 valence electrons. The molecule has 1 aliphatic heterocycles. The van der Waals surface area contributed by atoms with E-state index in [1.165, 1.54) is 17.7 Å². The molecule has 3 rings (SSSR count). The predicted octanol–water partition coefficient (Wildman–Crippen LogP) is 3.08. The summed E-state index contributed by atoms with van der Waals surface area (Å²) in [6, 6.07) is 4.14. The predicted molar refractivity (Wildman–Crippen MR) is 85.3 cm³/mol. The van der Waals surface area contributed by atoms with Gasteiger partial charge in [-0.25, -0.2) is 0 Å². The molecule has 21 heavy (non-hydrogen) atoms. The second-order valence-corrected chi connectivity index (χ2v) is 7.84. The topological polar surface area (TPSA) is 40.5 Å². The van der Waals surface area contributed by atoms with Crippen LogP contribution in [0, 0.1) is 11.3 Å². The minimum absolute atomic E-state index is 0.0159. The fraction of sp³-hybridized carbons (Fsp3) is 0.706. The first-order valence-electron chi connectivity index (χ1n) is 8.12. The number of thiophene rings is 1. The third-order valence-electron chi connectivity index (χ3n) is 4.93. The Balaban J connectivity index is 1.55. The van der Waals surface area contributed by atoms with Gasteiger partial charge in [0, 0.05) is 29.8 Å². The molecule has 1 saturated heterocycles. The number of hydrogen-bond donors (Lipinski definition) is 1. The summed E-state index contributed by atoms with van der Waals surface area (Å²) < 4.78 is 0. The highest BCUT2D eigenvalue weighted by Crippen LogP contribution is 2.44. The average molecular weight is 307 g/mol. The SMILES string of the molecule is O=C(CCc1cccs1)N1CCC[C@](CO)(CC2CC2)C1. The molecule has 1 amide bonds. The third kappa shape index (κ3) is 3.86. The van der Waals surface area contributed by atoms with Crippen molar-refractivity contribution in [2.45, 2.75) is 44.9 Å². The maximum atomic E-state index is 12.4. The van der Waals surface area contributed by atoms with Crippen LogP contribution in [0.3, 0.4) is 0 Å². The maximum Gasteiger partial charge on any atom is 0.222 e. The van der Waals surface area contributed by atoms with E-state index in [4.69, 9.17) is 0 Å². The van der Waals surface area contributed by atoms with Crippen molar-refractivity contribution in [2.24, 2.45) is 11.3 Å². The van der Waals surface area contributed by atoms with E-state index in [0.717, 1.165) is 44.7 Å². The van der Waals surface area contributed by atoms with E-state index in [9.17, 15) is 9.90 Å². The van der Waals surface area contributed by atoms with Crippen molar-refractivity contribution in [2.75, 3.05) is 19.7 Å². The minimum Gasteiger partial charge on any atom is -0.396 e. The van der Waals surface area contributed by atoms with Crippen LogP contribution in [-0.4, -0.2) is 35.6 Å². The van der Waals surface area contributed by atoms with Crippen molar-refractivity contribution in [3.8, 4) is 0 Å². The zero-order valence-electron chi connectivity index (χ0n) is 12.6. The second-order valence-electron chi connectivity index (χ2n) is 6.80. The number of carbonyl (C=O) groups is 1. The lowest BCUT2D eigenvalue weighted by atomic mass is 9.76. The molecule has 0 radical (unpaired) electrons. The zero-order valence-corrected chi connectivity index (χ0v) is 13.4. The Labute approximate surface area is 131 Å². The third-order valence-corrected chi connectivity index (χ3v) is 5.87. The summed E-state index contributed by atoms with van der Waals surface area (Å²) in [5.74, 6) is 1.06. The van der Waals surface area contributed by atoms with Crippen LogP contribution in [0.5, 0.6) is 0 Å². The first kappa shape index (κ1) is 15.0. The summed E-state index contributed by atoms with van der Waals surface area (Å²) in [5.41, 5.74) is -0.0159. The summed E-state index contributed by atoms with van der Waals surface area (Å²) >= 11 is 1.72. The number of carbonyl (C=O) groups excluding carboxylic acids is 1. The highest BCUT2D eigenvalue weighted by Gasteiger charge is 2.40. The Morgan fingerprint density at radius 3 is 3.00 bits per heavy atom. The molecule has 1 aromatic heterocycles. The van der Waals surface area contributed by atoms with Crippen LogP contribution in [0.4, 0.5) is 0 Å². The monoisotopic (exact) mass is 307 g/mol. The minimum atomic E-state index is -0.0159. The Hall–Kier alpha value is -0.870. The quantitative estimate of drug-likeness (QED) is 0.877. The van der Waals surface area contributed by atoms with Gasteiger partial charge in [0.15, 0.2) is 0 Å². The van der Waals surface area contributed by atoms with Gasteiger partial charge in [-0.3, -0.25) is 4.79 Å². The van der Waals surface area contributed by atoms with Crippen LogP contribution in [0.25, 0.3) is 0 Å². The number of amides is 1. The van der Waals surface area contributed by atoms with Gasteiger partial charge >= 0.3 is 0 Å². The first-order chi connectivity index (χ1) is 10.2. The van der Waals surface area contributed by atoms with Gasteiger partial charge in [0.1, 0.15) is 0 Å². The molecule has 2 aliphatic rings. The van der Waals surface area contributed by atoms with Gasteiger partial charge in [-0.1, -0.05) is 18.9 Å². The van der Waals surface area contributed by atoms with Gasteiger partial charge in [-0.05, 0) is 43.0 Å². The van der Waals surface area contributed by atoms with Crippen LogP contribution in [0.1, 0.15) is 43.4 Å². The summed E-state index contributed by atoms with van der Waals surface area (Å²) in [5, 5.41) is 11.9. The van der Waals surface area contributed by atoms with E-state index in [0.29, 0.717) is 6.42 Å². The van der Waals surface area contributed by atoms with Gasteiger partial charge < -0.3 is 10.0 Å². The number of hydrogen-bond acceptors (Lipinski definition) is 3. The molecule has 4 heteroatoms. The number of aliphatic hydroxyl groups excluding tert-OH is 1. The largest absolute Gasteiger partial charge is 0.396 e. The van der Waals surface area contributed by atoms with E-state index < -0.39 is 0 Å². The number of rotatable bonds is 6. The molecule has 1 aliphatic carbocycles. The van der Waals surface area contributed by atoms with Crippen LogP contribution >= 0.6 is 11.3 Å². The lowest BCUT2D eigenvalue weighted by Gasteiger charge is -2.42. The molecule has 1 saturated carbocycles. The molecule has 0 spiro atoms. The average Bonchev–Trinajstić information content (AvgIpc) is 3.16. The van der Waals surface area contributed by atoms with Crippen LogP contribution in [0.2, 0.25) is 0 Å². The molecule has 1 N–H and O–H groups in total. The molecule has 1 atom stereocenters. The molecule has 0 bridgehead atoms. The second kappa shape index (κ2) is 6.49. The molecule has 1 aromatic rings. The molecule has 3 nitrogen and oxygen atoms in total. The van der Waals surface area contributed by atoms with E-state index in [-0.39, 0.29) is 17.9 Å². The summed E-state index contributed by atoms with van der Waals surface area (Å²) in [7, 11) is 0. The molecule has 2 fully saturated rings. The maximum absolute atomic E-state index is 12.4. The normalized spacial score (nSPS) is 26.0. The van der Waals surface area contributed by atoms with E-state index in [1.807, 2.05) is 11.0 Å². The van der Waals surface area contributed by atoms with E-state index in [2.05, 4.69) is 11.4 Å². The summed E-state index contributed by atoms with van der Waals surface area (Å²) in [6.07, 6.45) is 7.31. The van der Waals surface area contributed by atoms with Crippen molar-refractivity contribution in [1.82, 2.24) is 4.90 Å². The first-order valence-corrected chi connectivity index (χ1v) is 9.00. The summed E-state index contributed by atoms with van der Waals surface area (Å²) in [4.78, 5) is 15.7. The molecular formula is C17H25NO2S. The van der Waals surface area contributed by atoms with Crippen molar-refractivity contribution in [3.05, 3.63) is 22.4 Å². The molecule has 0 aromatic carbocycles. The van der Waals surface area contributed by atoms with Crippen molar-refractivity contribution in [3.63, 3.8) is 0 Å². The molecular weight excluding hydrogens is 282 g/mol. The number of aryl methyl sites for hydroxylation is 1. The Morgan fingerprint density at radius 2 is 2.33 bits per heavy atom. The van der Waals surface area contributed by atoms with Gasteiger partial charge in [0.05, 0.1) is 6.61 Å². The van der Waals surface area contributed by atoms with Crippen LogP contribution in [0.15, 0.2) is 17.5 Å².